The number of phenols is 1. The Morgan fingerprint density at radius 1 is 1.11 bits per heavy atom. The Balaban J connectivity index is 2.04. The number of para-hydroxylation sites is 1. The number of rotatable bonds is 2. The Hall–Kier alpha value is -2.82. The lowest BCUT2D eigenvalue weighted by Gasteiger charge is -2.04. The lowest BCUT2D eigenvalue weighted by molar-refractivity contribution is 0.475. The Morgan fingerprint density at radius 2 is 1.95 bits per heavy atom. The van der Waals surface area contributed by atoms with Crippen molar-refractivity contribution in [3.8, 4) is 5.75 Å². The second-order valence-electron chi connectivity index (χ2n) is 4.00. The number of aromatic hydroxyl groups is 1. The normalized spacial score (nSPS) is 10.5. The molecule has 3 rings (SSSR count). The molecule has 0 unspecified atom stereocenters. The maximum Gasteiger partial charge on any atom is 0.348 e. The van der Waals surface area contributed by atoms with Crippen LogP contribution >= 0.6 is 0 Å². The number of hydrogen-bond donors (Lipinski definition) is 2. The van der Waals surface area contributed by atoms with Gasteiger partial charge in [0.1, 0.15) is 5.75 Å². The lowest BCUT2D eigenvalue weighted by Crippen LogP contribution is -2.04. The smallest absolute Gasteiger partial charge is 0.348 e. The zero-order valence-electron chi connectivity index (χ0n) is 9.83. The van der Waals surface area contributed by atoms with Crippen molar-refractivity contribution >= 4 is 22.6 Å². The van der Waals surface area contributed by atoms with Crippen LogP contribution in [0, 0.1) is 0 Å². The third-order valence-electron chi connectivity index (χ3n) is 2.63. The summed E-state index contributed by atoms with van der Waals surface area (Å²) in [6.07, 6.45) is 0. The minimum absolute atomic E-state index is 0.0919. The fourth-order valence-electron chi connectivity index (χ4n) is 1.78. The van der Waals surface area contributed by atoms with Crippen LogP contribution in [0.5, 0.6) is 5.75 Å². The predicted octanol–water partition coefficient (Wildman–Crippen LogP) is 2.64. The van der Waals surface area contributed by atoms with E-state index in [1.807, 2.05) is 0 Å². The molecule has 0 amide bonds. The number of aromatic nitrogens is 1. The van der Waals surface area contributed by atoms with Gasteiger partial charge in [-0.3, -0.25) is 0 Å². The van der Waals surface area contributed by atoms with E-state index in [0.29, 0.717) is 16.6 Å². The molecular formula is C14H10N2O3. The number of nitrogens with zero attached hydrogens (tertiary/aromatic N) is 1. The Morgan fingerprint density at radius 3 is 2.79 bits per heavy atom. The van der Waals surface area contributed by atoms with Crippen molar-refractivity contribution in [3.05, 3.63) is 59.0 Å². The molecule has 0 radical (unpaired) electrons. The summed E-state index contributed by atoms with van der Waals surface area (Å²) in [4.78, 5) is 16.0. The molecule has 0 spiro atoms. The van der Waals surface area contributed by atoms with Crippen molar-refractivity contribution in [2.75, 3.05) is 5.32 Å². The SMILES string of the molecule is O=c1oc(Nc2cccc(O)c2)nc2ccccc12. The van der Waals surface area contributed by atoms with Gasteiger partial charge < -0.3 is 14.8 Å². The van der Waals surface area contributed by atoms with Crippen LogP contribution in [-0.2, 0) is 0 Å². The van der Waals surface area contributed by atoms with E-state index >= 15 is 0 Å². The summed E-state index contributed by atoms with van der Waals surface area (Å²) < 4.78 is 5.07. The van der Waals surface area contributed by atoms with Crippen LogP contribution in [0.15, 0.2) is 57.7 Å². The quantitative estimate of drug-likeness (QED) is 0.735. The van der Waals surface area contributed by atoms with Crippen LogP contribution in [0.2, 0.25) is 0 Å². The second kappa shape index (κ2) is 4.45. The highest BCUT2D eigenvalue weighted by molar-refractivity contribution is 5.77. The molecular weight excluding hydrogens is 244 g/mol. The largest absolute Gasteiger partial charge is 0.508 e. The Labute approximate surface area is 108 Å². The highest BCUT2D eigenvalue weighted by atomic mass is 16.4. The molecule has 0 aliphatic heterocycles. The fraction of sp³-hybridized carbons (Fsp3) is 0. The minimum atomic E-state index is -0.451. The van der Waals surface area contributed by atoms with Crippen LogP contribution in [0.4, 0.5) is 11.7 Å². The number of fused-ring (bicyclic) bond motifs is 1. The highest BCUT2D eigenvalue weighted by Gasteiger charge is 2.05. The van der Waals surface area contributed by atoms with Gasteiger partial charge >= 0.3 is 11.6 Å². The summed E-state index contributed by atoms with van der Waals surface area (Å²) >= 11 is 0. The predicted molar refractivity (Wildman–Crippen MR) is 71.7 cm³/mol. The van der Waals surface area contributed by atoms with Gasteiger partial charge in [-0.25, -0.2) is 4.79 Å². The molecule has 94 valence electrons. The summed E-state index contributed by atoms with van der Waals surface area (Å²) in [5.74, 6) is 0.119. The van der Waals surface area contributed by atoms with E-state index < -0.39 is 5.63 Å². The average Bonchev–Trinajstić information content (AvgIpc) is 2.39. The molecule has 0 saturated heterocycles. The van der Waals surface area contributed by atoms with Crippen molar-refractivity contribution in [3.63, 3.8) is 0 Å². The molecule has 0 bridgehead atoms. The maximum absolute atomic E-state index is 11.8. The maximum atomic E-state index is 11.8. The van der Waals surface area contributed by atoms with Crippen LogP contribution in [0.3, 0.4) is 0 Å². The fourth-order valence-corrected chi connectivity index (χ4v) is 1.78. The highest BCUT2D eigenvalue weighted by Crippen LogP contribution is 2.19. The first kappa shape index (κ1) is 11.3. The van der Waals surface area contributed by atoms with Gasteiger partial charge in [0.15, 0.2) is 0 Å². The molecule has 0 fully saturated rings. The number of nitrogens with one attached hydrogen (secondary N) is 1. The molecule has 1 heterocycles. The van der Waals surface area contributed by atoms with Crippen molar-refractivity contribution in [2.45, 2.75) is 0 Å². The van der Waals surface area contributed by atoms with E-state index in [2.05, 4.69) is 10.3 Å². The van der Waals surface area contributed by atoms with E-state index in [1.165, 1.54) is 6.07 Å². The monoisotopic (exact) mass is 254 g/mol. The summed E-state index contributed by atoms with van der Waals surface area (Å²) in [5.41, 5.74) is 0.695. The Kier molecular flexibility index (Phi) is 2.64. The first-order valence-corrected chi connectivity index (χ1v) is 5.68. The van der Waals surface area contributed by atoms with E-state index in [-0.39, 0.29) is 11.8 Å². The van der Waals surface area contributed by atoms with E-state index in [1.54, 1.807) is 42.5 Å². The van der Waals surface area contributed by atoms with Gasteiger partial charge in [0.2, 0.25) is 0 Å². The summed E-state index contributed by atoms with van der Waals surface area (Å²) in [6.45, 7) is 0. The number of hydrogen-bond acceptors (Lipinski definition) is 5. The van der Waals surface area contributed by atoms with Gasteiger partial charge in [0, 0.05) is 11.8 Å². The molecule has 2 N–H and O–H groups in total. The molecule has 3 aromatic rings. The second-order valence-corrected chi connectivity index (χ2v) is 4.00. The Bertz CT molecular complexity index is 796. The molecule has 5 nitrogen and oxygen atoms in total. The van der Waals surface area contributed by atoms with Crippen molar-refractivity contribution in [2.24, 2.45) is 0 Å². The number of benzene rings is 2. The van der Waals surface area contributed by atoms with Gasteiger partial charge in [0.25, 0.3) is 0 Å². The minimum Gasteiger partial charge on any atom is -0.508 e. The molecule has 5 heteroatoms. The summed E-state index contributed by atoms with van der Waals surface area (Å²) in [6, 6.07) is 13.5. The van der Waals surface area contributed by atoms with Gasteiger partial charge in [-0.2, -0.15) is 4.98 Å². The van der Waals surface area contributed by atoms with Gasteiger partial charge in [-0.15, -0.1) is 0 Å². The summed E-state index contributed by atoms with van der Waals surface area (Å²) in [5, 5.41) is 12.6. The topological polar surface area (TPSA) is 75.4 Å². The zero-order chi connectivity index (χ0) is 13.2. The molecule has 1 aromatic heterocycles. The molecule has 2 aromatic carbocycles. The first-order chi connectivity index (χ1) is 9.22. The van der Waals surface area contributed by atoms with Crippen LogP contribution in [-0.4, -0.2) is 10.1 Å². The summed E-state index contributed by atoms with van der Waals surface area (Å²) in [7, 11) is 0. The standard InChI is InChI=1S/C14H10N2O3/c17-10-5-3-4-9(8-10)15-14-16-12-7-2-1-6-11(12)13(18)19-14/h1-8,17H,(H,15,16). The first-order valence-electron chi connectivity index (χ1n) is 5.68. The van der Waals surface area contributed by atoms with Crippen molar-refractivity contribution in [1.82, 2.24) is 4.98 Å². The average molecular weight is 254 g/mol. The molecule has 0 atom stereocenters. The van der Waals surface area contributed by atoms with E-state index in [9.17, 15) is 9.90 Å². The van der Waals surface area contributed by atoms with E-state index in [4.69, 9.17) is 4.42 Å². The van der Waals surface area contributed by atoms with E-state index in [0.717, 1.165) is 0 Å². The zero-order valence-corrected chi connectivity index (χ0v) is 9.83. The van der Waals surface area contributed by atoms with Crippen molar-refractivity contribution in [1.29, 1.82) is 0 Å². The third-order valence-corrected chi connectivity index (χ3v) is 2.63. The van der Waals surface area contributed by atoms with Crippen LogP contribution in [0.25, 0.3) is 10.9 Å². The molecule has 0 aliphatic carbocycles. The third kappa shape index (κ3) is 2.26. The van der Waals surface area contributed by atoms with Crippen LogP contribution < -0.4 is 10.9 Å². The number of anilines is 2. The van der Waals surface area contributed by atoms with Crippen molar-refractivity contribution < 1.29 is 9.52 Å². The molecule has 0 saturated carbocycles. The molecule has 19 heavy (non-hydrogen) atoms. The van der Waals surface area contributed by atoms with Gasteiger partial charge in [-0.05, 0) is 24.3 Å². The lowest BCUT2D eigenvalue weighted by atomic mass is 10.2. The van der Waals surface area contributed by atoms with Crippen LogP contribution in [0.1, 0.15) is 0 Å². The van der Waals surface area contributed by atoms with Gasteiger partial charge in [0.05, 0.1) is 10.9 Å². The number of phenolic OH excluding ortho intramolecular Hbond substituents is 1. The van der Waals surface area contributed by atoms with Gasteiger partial charge in [-0.1, -0.05) is 18.2 Å². The molecule has 0 aliphatic rings.